The van der Waals surface area contributed by atoms with Gasteiger partial charge in [-0.15, -0.1) is 0 Å². The van der Waals surface area contributed by atoms with Crippen molar-refractivity contribution in [2.24, 2.45) is 13.0 Å². The number of carbonyl (C=O) groups is 1. The maximum atomic E-state index is 12.5. The highest BCUT2D eigenvalue weighted by atomic mass is 16.5. The number of aromatic nitrogens is 2. The van der Waals surface area contributed by atoms with Crippen LogP contribution in [0.1, 0.15) is 63.5 Å². The van der Waals surface area contributed by atoms with Crippen LogP contribution in [0.25, 0.3) is 0 Å². The van der Waals surface area contributed by atoms with E-state index in [1.807, 2.05) is 14.0 Å². The monoisotopic (exact) mass is 305 g/mol. The first-order chi connectivity index (χ1) is 10.6. The third-order valence-electron chi connectivity index (χ3n) is 5.12. The van der Waals surface area contributed by atoms with E-state index >= 15 is 0 Å². The van der Waals surface area contributed by atoms with Crippen molar-refractivity contribution in [3.05, 3.63) is 11.8 Å². The van der Waals surface area contributed by atoms with Crippen molar-refractivity contribution in [2.75, 3.05) is 11.9 Å². The van der Waals surface area contributed by atoms with Gasteiger partial charge < -0.3 is 10.1 Å². The predicted octanol–water partition coefficient (Wildman–Crippen LogP) is 3.22. The molecule has 0 unspecified atom stereocenters. The third kappa shape index (κ3) is 3.35. The molecule has 1 saturated heterocycles. The Labute approximate surface area is 132 Å². The summed E-state index contributed by atoms with van der Waals surface area (Å²) in [6.07, 6.45) is 8.23. The van der Waals surface area contributed by atoms with Crippen LogP contribution in [-0.4, -0.2) is 28.4 Å². The predicted molar refractivity (Wildman–Crippen MR) is 85.8 cm³/mol. The molecule has 1 aromatic rings. The highest BCUT2D eigenvalue weighted by Crippen LogP contribution is 2.33. The molecule has 0 bridgehead atoms. The zero-order chi connectivity index (χ0) is 15.5. The van der Waals surface area contributed by atoms with Gasteiger partial charge in [-0.3, -0.25) is 9.48 Å². The number of rotatable bonds is 3. The molecule has 0 radical (unpaired) electrons. The van der Waals surface area contributed by atoms with Gasteiger partial charge in [0.05, 0.1) is 17.7 Å². The number of aryl methyl sites for hydroxylation is 1. The molecule has 1 aromatic heterocycles. The average Bonchev–Trinajstić information content (AvgIpc) is 2.89. The summed E-state index contributed by atoms with van der Waals surface area (Å²) in [6.45, 7) is 2.75. The molecular formula is C17H27N3O2. The summed E-state index contributed by atoms with van der Waals surface area (Å²) in [5.41, 5.74) is 1.13. The largest absolute Gasteiger partial charge is 0.378 e. The Kier molecular flexibility index (Phi) is 4.81. The van der Waals surface area contributed by atoms with Crippen LogP contribution < -0.4 is 5.32 Å². The van der Waals surface area contributed by atoms with Crippen molar-refractivity contribution in [1.29, 1.82) is 0 Å². The van der Waals surface area contributed by atoms with Gasteiger partial charge in [0.2, 0.25) is 5.91 Å². The smallest absolute Gasteiger partial charge is 0.231 e. The van der Waals surface area contributed by atoms with Crippen LogP contribution in [0.15, 0.2) is 6.07 Å². The van der Waals surface area contributed by atoms with Gasteiger partial charge >= 0.3 is 0 Å². The molecule has 3 rings (SSSR count). The second-order valence-corrected chi connectivity index (χ2v) is 6.73. The van der Waals surface area contributed by atoms with E-state index in [1.165, 1.54) is 32.1 Å². The third-order valence-corrected chi connectivity index (χ3v) is 5.12. The topological polar surface area (TPSA) is 56.1 Å². The molecule has 2 fully saturated rings. The summed E-state index contributed by atoms with van der Waals surface area (Å²) in [7, 11) is 1.91. The number of nitrogens with zero attached hydrogens (tertiary/aromatic N) is 2. The zero-order valence-electron chi connectivity index (χ0n) is 13.7. The van der Waals surface area contributed by atoms with Gasteiger partial charge in [-0.25, -0.2) is 0 Å². The molecule has 2 atom stereocenters. The Hall–Kier alpha value is -1.36. The first-order valence-corrected chi connectivity index (χ1v) is 8.61. The Morgan fingerprint density at radius 3 is 2.77 bits per heavy atom. The van der Waals surface area contributed by atoms with E-state index in [1.54, 1.807) is 4.68 Å². The summed E-state index contributed by atoms with van der Waals surface area (Å²) >= 11 is 0. The number of carbonyl (C=O) groups excluding carboxylic acids is 1. The fourth-order valence-electron chi connectivity index (χ4n) is 3.69. The first-order valence-electron chi connectivity index (χ1n) is 8.61. The second kappa shape index (κ2) is 6.82. The van der Waals surface area contributed by atoms with Crippen LogP contribution in [0.3, 0.4) is 0 Å². The van der Waals surface area contributed by atoms with Crippen molar-refractivity contribution in [2.45, 2.75) is 63.9 Å². The minimum atomic E-state index is -0.0539. The fraction of sp³-hybridized carbons (Fsp3) is 0.765. The number of anilines is 1. The Balaban J connectivity index is 1.66. The lowest BCUT2D eigenvalue weighted by molar-refractivity contribution is -0.127. The molecule has 0 aromatic carbocycles. The van der Waals surface area contributed by atoms with Crippen molar-refractivity contribution in [3.8, 4) is 0 Å². The van der Waals surface area contributed by atoms with E-state index in [-0.39, 0.29) is 17.9 Å². The Morgan fingerprint density at radius 2 is 2.05 bits per heavy atom. The lowest BCUT2D eigenvalue weighted by Crippen LogP contribution is -2.36. The molecule has 122 valence electrons. The van der Waals surface area contributed by atoms with Crippen LogP contribution in [0.4, 0.5) is 5.82 Å². The van der Waals surface area contributed by atoms with Crippen LogP contribution in [0.5, 0.6) is 0 Å². The Bertz CT molecular complexity index is 520. The lowest BCUT2D eigenvalue weighted by atomic mass is 9.87. The van der Waals surface area contributed by atoms with Crippen molar-refractivity contribution < 1.29 is 9.53 Å². The summed E-state index contributed by atoms with van der Waals surface area (Å²) < 4.78 is 7.40. The molecule has 1 saturated carbocycles. The van der Waals surface area contributed by atoms with E-state index in [0.717, 1.165) is 31.0 Å². The van der Waals surface area contributed by atoms with Crippen molar-refractivity contribution in [1.82, 2.24) is 9.78 Å². The highest BCUT2D eigenvalue weighted by Gasteiger charge is 2.29. The van der Waals surface area contributed by atoms with Gasteiger partial charge in [0, 0.05) is 25.6 Å². The molecule has 1 amide bonds. The van der Waals surface area contributed by atoms with Gasteiger partial charge in [-0.2, -0.15) is 5.10 Å². The minimum absolute atomic E-state index is 0.000192. The number of nitrogens with one attached hydrogen (secondary N) is 1. The average molecular weight is 305 g/mol. The van der Waals surface area contributed by atoms with Crippen molar-refractivity contribution in [3.63, 3.8) is 0 Å². The molecule has 1 aliphatic heterocycles. The fourth-order valence-corrected chi connectivity index (χ4v) is 3.69. The molecule has 1 N–H and O–H groups in total. The molecule has 0 spiro atoms. The van der Waals surface area contributed by atoms with E-state index < -0.39 is 0 Å². The normalized spacial score (nSPS) is 26.8. The zero-order valence-corrected chi connectivity index (χ0v) is 13.7. The number of hydrogen-bond donors (Lipinski definition) is 1. The maximum absolute atomic E-state index is 12.5. The number of ether oxygens (including phenoxy) is 1. The SMILES string of the molecule is C[C@@H]1OCCC[C@H]1C(=O)Nc1cc(C2CCCCC2)nn1C. The molecule has 1 aliphatic carbocycles. The Morgan fingerprint density at radius 1 is 1.27 bits per heavy atom. The number of hydrogen-bond acceptors (Lipinski definition) is 3. The molecule has 5 heteroatoms. The maximum Gasteiger partial charge on any atom is 0.231 e. The highest BCUT2D eigenvalue weighted by molar-refractivity contribution is 5.92. The molecule has 2 heterocycles. The van der Waals surface area contributed by atoms with E-state index in [2.05, 4.69) is 16.5 Å². The lowest BCUT2D eigenvalue weighted by Gasteiger charge is -2.27. The van der Waals surface area contributed by atoms with E-state index in [9.17, 15) is 4.79 Å². The van der Waals surface area contributed by atoms with Gasteiger partial charge in [-0.05, 0) is 32.6 Å². The van der Waals surface area contributed by atoms with Crippen LogP contribution >= 0.6 is 0 Å². The summed E-state index contributed by atoms with van der Waals surface area (Å²) in [6, 6.07) is 2.06. The van der Waals surface area contributed by atoms with Gasteiger partial charge in [0.1, 0.15) is 5.82 Å². The molecule has 5 nitrogen and oxygen atoms in total. The number of amides is 1. The molecule has 2 aliphatic rings. The summed E-state index contributed by atoms with van der Waals surface area (Å²) in [4.78, 5) is 12.5. The van der Waals surface area contributed by atoms with E-state index in [0.29, 0.717) is 5.92 Å². The van der Waals surface area contributed by atoms with Gasteiger partial charge in [-0.1, -0.05) is 19.3 Å². The van der Waals surface area contributed by atoms with Gasteiger partial charge in [0.15, 0.2) is 0 Å². The second-order valence-electron chi connectivity index (χ2n) is 6.73. The summed E-state index contributed by atoms with van der Waals surface area (Å²) in [5, 5.41) is 7.67. The van der Waals surface area contributed by atoms with Crippen LogP contribution in [-0.2, 0) is 16.6 Å². The summed E-state index contributed by atoms with van der Waals surface area (Å²) in [5.74, 6) is 1.37. The minimum Gasteiger partial charge on any atom is -0.378 e. The quantitative estimate of drug-likeness (QED) is 0.933. The standard InChI is InChI=1S/C17H27N3O2/c1-12-14(9-6-10-22-12)17(21)18-16-11-15(19-20(16)2)13-7-4-3-5-8-13/h11-14H,3-10H2,1-2H3,(H,18,21)/t12-,14+/m0/s1. The van der Waals surface area contributed by atoms with E-state index in [4.69, 9.17) is 4.74 Å². The van der Waals surface area contributed by atoms with Gasteiger partial charge in [0.25, 0.3) is 0 Å². The molecular weight excluding hydrogens is 278 g/mol. The van der Waals surface area contributed by atoms with Crippen LogP contribution in [0.2, 0.25) is 0 Å². The van der Waals surface area contributed by atoms with Crippen molar-refractivity contribution >= 4 is 11.7 Å². The molecule has 22 heavy (non-hydrogen) atoms. The first kappa shape index (κ1) is 15.5. The van der Waals surface area contributed by atoms with Crippen LogP contribution in [0, 0.1) is 5.92 Å².